The van der Waals surface area contributed by atoms with Gasteiger partial charge in [-0.25, -0.2) is 0 Å². The molecular weight excluding hydrogens is 162 g/mol. The predicted octanol–water partition coefficient (Wildman–Crippen LogP) is 0.579. The molecule has 1 saturated heterocycles. The van der Waals surface area contributed by atoms with Crippen molar-refractivity contribution in [2.75, 3.05) is 39.4 Å². The highest BCUT2D eigenvalue weighted by atomic mass is 15.3. The van der Waals surface area contributed by atoms with Crippen LogP contribution in [0.15, 0.2) is 0 Å². The second-order valence-electron chi connectivity index (χ2n) is 4.07. The van der Waals surface area contributed by atoms with Gasteiger partial charge >= 0.3 is 0 Å². The minimum atomic E-state index is 0.601. The second kappa shape index (κ2) is 5.58. The topological polar surface area (TPSA) is 18.5 Å². The Morgan fingerprint density at radius 3 is 2.08 bits per heavy atom. The summed E-state index contributed by atoms with van der Waals surface area (Å²) in [5, 5.41) is 3.46. The second-order valence-corrected chi connectivity index (χ2v) is 4.07. The normalized spacial score (nSPS) is 21.2. The van der Waals surface area contributed by atoms with E-state index in [4.69, 9.17) is 0 Å². The SMILES string of the molecule is CCN1CCN(CNC(C)C)CC1. The molecule has 0 amide bonds. The molecule has 3 heteroatoms. The summed E-state index contributed by atoms with van der Waals surface area (Å²) in [4.78, 5) is 5.00. The fourth-order valence-corrected chi connectivity index (χ4v) is 1.58. The first-order valence-electron chi connectivity index (χ1n) is 5.40. The summed E-state index contributed by atoms with van der Waals surface area (Å²) in [7, 11) is 0. The number of rotatable bonds is 4. The Balaban J connectivity index is 2.10. The van der Waals surface area contributed by atoms with Gasteiger partial charge in [-0.05, 0) is 20.4 Å². The highest BCUT2D eigenvalue weighted by Crippen LogP contribution is 1.99. The van der Waals surface area contributed by atoms with Crippen molar-refractivity contribution in [1.82, 2.24) is 15.1 Å². The van der Waals surface area contributed by atoms with Crippen molar-refractivity contribution >= 4 is 0 Å². The van der Waals surface area contributed by atoms with Crippen LogP contribution in [0.2, 0.25) is 0 Å². The summed E-state index contributed by atoms with van der Waals surface area (Å²) in [5.74, 6) is 0. The molecule has 0 bridgehead atoms. The lowest BCUT2D eigenvalue weighted by Gasteiger charge is -2.34. The average molecular weight is 185 g/mol. The van der Waals surface area contributed by atoms with E-state index in [1.54, 1.807) is 0 Å². The third-order valence-corrected chi connectivity index (χ3v) is 2.64. The van der Waals surface area contributed by atoms with Crippen molar-refractivity contribution in [2.24, 2.45) is 0 Å². The van der Waals surface area contributed by atoms with Crippen molar-refractivity contribution in [3.8, 4) is 0 Å². The Morgan fingerprint density at radius 1 is 1.08 bits per heavy atom. The van der Waals surface area contributed by atoms with E-state index in [1.165, 1.54) is 32.7 Å². The molecule has 0 radical (unpaired) electrons. The van der Waals surface area contributed by atoms with E-state index in [-0.39, 0.29) is 0 Å². The van der Waals surface area contributed by atoms with E-state index < -0.39 is 0 Å². The fraction of sp³-hybridized carbons (Fsp3) is 1.00. The van der Waals surface area contributed by atoms with E-state index in [0.717, 1.165) is 6.67 Å². The molecule has 0 spiro atoms. The Bertz CT molecular complexity index is 128. The third kappa shape index (κ3) is 4.07. The average Bonchev–Trinajstić information content (AvgIpc) is 2.15. The largest absolute Gasteiger partial charge is 0.302 e. The van der Waals surface area contributed by atoms with Crippen LogP contribution in [0.5, 0.6) is 0 Å². The van der Waals surface area contributed by atoms with Crippen molar-refractivity contribution in [2.45, 2.75) is 26.8 Å². The van der Waals surface area contributed by atoms with E-state index in [0.29, 0.717) is 6.04 Å². The van der Waals surface area contributed by atoms with Gasteiger partial charge in [0.25, 0.3) is 0 Å². The number of hydrogen-bond donors (Lipinski definition) is 1. The zero-order valence-electron chi connectivity index (χ0n) is 9.21. The first kappa shape index (κ1) is 11.0. The summed E-state index contributed by atoms with van der Waals surface area (Å²) in [6.45, 7) is 13.8. The van der Waals surface area contributed by atoms with Crippen molar-refractivity contribution in [3.05, 3.63) is 0 Å². The highest BCUT2D eigenvalue weighted by molar-refractivity contribution is 4.70. The number of piperazine rings is 1. The van der Waals surface area contributed by atoms with Gasteiger partial charge in [0.15, 0.2) is 0 Å². The summed E-state index contributed by atoms with van der Waals surface area (Å²) >= 11 is 0. The lowest BCUT2D eigenvalue weighted by atomic mass is 10.3. The van der Waals surface area contributed by atoms with Crippen LogP contribution < -0.4 is 5.32 Å². The van der Waals surface area contributed by atoms with Crippen LogP contribution in [0.4, 0.5) is 0 Å². The summed E-state index contributed by atoms with van der Waals surface area (Å²) in [6.07, 6.45) is 0. The van der Waals surface area contributed by atoms with Crippen LogP contribution in [0.3, 0.4) is 0 Å². The van der Waals surface area contributed by atoms with Crippen LogP contribution in [0.25, 0.3) is 0 Å². The van der Waals surface area contributed by atoms with E-state index in [1.807, 2.05) is 0 Å². The van der Waals surface area contributed by atoms with Crippen LogP contribution in [0.1, 0.15) is 20.8 Å². The van der Waals surface area contributed by atoms with Gasteiger partial charge in [-0.1, -0.05) is 6.92 Å². The maximum Gasteiger partial charge on any atom is 0.0483 e. The molecule has 0 unspecified atom stereocenters. The molecular formula is C10H23N3. The van der Waals surface area contributed by atoms with E-state index in [2.05, 4.69) is 35.9 Å². The van der Waals surface area contributed by atoms with E-state index >= 15 is 0 Å². The van der Waals surface area contributed by atoms with Gasteiger partial charge in [0.2, 0.25) is 0 Å². The lowest BCUT2D eigenvalue weighted by molar-refractivity contribution is 0.127. The quantitative estimate of drug-likeness (QED) is 0.691. The van der Waals surface area contributed by atoms with Crippen LogP contribution in [-0.4, -0.2) is 55.2 Å². The molecule has 0 saturated carbocycles. The number of nitrogens with zero attached hydrogens (tertiary/aromatic N) is 2. The molecule has 0 aromatic carbocycles. The molecule has 1 fully saturated rings. The van der Waals surface area contributed by atoms with Gasteiger partial charge in [-0.2, -0.15) is 0 Å². The van der Waals surface area contributed by atoms with Gasteiger partial charge in [-0.3, -0.25) is 4.90 Å². The maximum absolute atomic E-state index is 3.46. The maximum atomic E-state index is 3.46. The highest BCUT2D eigenvalue weighted by Gasteiger charge is 2.14. The molecule has 0 aliphatic carbocycles. The molecule has 1 aliphatic heterocycles. The zero-order chi connectivity index (χ0) is 9.68. The molecule has 0 atom stereocenters. The molecule has 1 heterocycles. The molecule has 0 aromatic heterocycles. The summed E-state index contributed by atoms with van der Waals surface area (Å²) < 4.78 is 0. The van der Waals surface area contributed by atoms with Crippen molar-refractivity contribution in [1.29, 1.82) is 0 Å². The van der Waals surface area contributed by atoms with Crippen LogP contribution in [0, 0.1) is 0 Å². The van der Waals surface area contributed by atoms with Gasteiger partial charge in [0.1, 0.15) is 0 Å². The van der Waals surface area contributed by atoms with Crippen LogP contribution >= 0.6 is 0 Å². The Labute approximate surface area is 82.1 Å². The molecule has 1 aliphatic rings. The minimum Gasteiger partial charge on any atom is -0.302 e. The molecule has 1 rings (SSSR count). The predicted molar refractivity (Wildman–Crippen MR) is 56.8 cm³/mol. The van der Waals surface area contributed by atoms with Crippen molar-refractivity contribution in [3.63, 3.8) is 0 Å². The van der Waals surface area contributed by atoms with Gasteiger partial charge in [0, 0.05) is 38.9 Å². The smallest absolute Gasteiger partial charge is 0.0483 e. The van der Waals surface area contributed by atoms with Crippen molar-refractivity contribution < 1.29 is 0 Å². The minimum absolute atomic E-state index is 0.601. The van der Waals surface area contributed by atoms with Crippen LogP contribution in [-0.2, 0) is 0 Å². The molecule has 78 valence electrons. The monoisotopic (exact) mass is 185 g/mol. The van der Waals surface area contributed by atoms with Gasteiger partial charge < -0.3 is 10.2 Å². The Kier molecular flexibility index (Phi) is 4.70. The molecule has 1 N–H and O–H groups in total. The standard InChI is InChI=1S/C10H23N3/c1-4-12-5-7-13(8-6-12)9-11-10(2)3/h10-11H,4-9H2,1-3H3. The molecule has 3 nitrogen and oxygen atoms in total. The zero-order valence-corrected chi connectivity index (χ0v) is 9.21. The lowest BCUT2D eigenvalue weighted by Crippen LogP contribution is -2.49. The third-order valence-electron chi connectivity index (χ3n) is 2.64. The Morgan fingerprint density at radius 2 is 1.62 bits per heavy atom. The molecule has 0 aromatic rings. The number of nitrogens with one attached hydrogen (secondary N) is 1. The molecule has 13 heavy (non-hydrogen) atoms. The van der Waals surface area contributed by atoms with Gasteiger partial charge in [0.05, 0.1) is 0 Å². The first-order chi connectivity index (χ1) is 6.22. The first-order valence-corrected chi connectivity index (χ1v) is 5.40. The summed E-state index contributed by atoms with van der Waals surface area (Å²) in [6, 6.07) is 0.601. The number of hydrogen-bond acceptors (Lipinski definition) is 3. The Hall–Kier alpha value is -0.120. The summed E-state index contributed by atoms with van der Waals surface area (Å²) in [5.41, 5.74) is 0. The van der Waals surface area contributed by atoms with Gasteiger partial charge in [-0.15, -0.1) is 0 Å². The fourth-order valence-electron chi connectivity index (χ4n) is 1.58. The number of likely N-dealkylation sites (N-methyl/N-ethyl adjacent to an activating group) is 1. The van der Waals surface area contributed by atoms with E-state index in [9.17, 15) is 0 Å².